The Labute approximate surface area is 255 Å². The Morgan fingerprint density at radius 1 is 0.643 bits per heavy atom. The standard InChI is InChI=1S/C39H42OP2/c1-6-39(7-2,35-27-29(3)26-31(5)37(35)40-28-32-19-11-8-12-20-32)41-38-30(4)18-17-25-36(38)42(33-21-13-9-14-22-33)34-23-15-10-16-24-34/h8-27,41H,6-7,28H2,1-5H3. The summed E-state index contributed by atoms with van der Waals surface area (Å²) in [5, 5.41) is 5.74. The highest BCUT2D eigenvalue weighted by molar-refractivity contribution is 7.81. The van der Waals surface area contributed by atoms with Gasteiger partial charge in [-0.05, 0) is 79.4 Å². The van der Waals surface area contributed by atoms with E-state index in [0.29, 0.717) is 15.2 Å². The van der Waals surface area contributed by atoms with Gasteiger partial charge in [0.1, 0.15) is 12.4 Å². The molecule has 0 bridgehead atoms. The largest absolute Gasteiger partial charge is 0.488 e. The van der Waals surface area contributed by atoms with E-state index in [9.17, 15) is 0 Å². The molecule has 0 aromatic heterocycles. The first-order valence-corrected chi connectivity index (χ1v) is 17.4. The highest BCUT2D eigenvalue weighted by Crippen LogP contribution is 2.52. The molecule has 0 aliphatic rings. The first-order valence-electron chi connectivity index (χ1n) is 15.0. The Morgan fingerprint density at radius 3 is 1.79 bits per heavy atom. The third-order valence-corrected chi connectivity index (χ3v) is 13.3. The zero-order valence-electron chi connectivity index (χ0n) is 25.5. The molecule has 1 nitrogen and oxygen atoms in total. The molecule has 214 valence electrons. The molecule has 5 aromatic carbocycles. The molecule has 0 spiro atoms. The summed E-state index contributed by atoms with van der Waals surface area (Å²) in [5.41, 5.74) is 6.45. The lowest BCUT2D eigenvalue weighted by Crippen LogP contribution is -2.33. The summed E-state index contributed by atoms with van der Waals surface area (Å²) < 4.78 is 6.71. The van der Waals surface area contributed by atoms with Crippen LogP contribution < -0.4 is 26.0 Å². The predicted molar refractivity (Wildman–Crippen MR) is 187 cm³/mol. The molecule has 0 amide bonds. The van der Waals surface area contributed by atoms with E-state index in [4.69, 9.17) is 4.74 Å². The van der Waals surface area contributed by atoms with E-state index in [2.05, 4.69) is 156 Å². The zero-order chi connectivity index (χ0) is 29.5. The number of hydrogen-bond acceptors (Lipinski definition) is 1. The molecule has 42 heavy (non-hydrogen) atoms. The van der Waals surface area contributed by atoms with Gasteiger partial charge < -0.3 is 4.74 Å². The SMILES string of the molecule is CCC(CC)(Pc1c(C)cccc1P(c1ccccc1)c1ccccc1)c1cc(C)cc(C)c1OCc1ccccc1. The van der Waals surface area contributed by atoms with E-state index < -0.39 is 7.92 Å². The van der Waals surface area contributed by atoms with Crippen LogP contribution in [0.2, 0.25) is 0 Å². The molecule has 5 rings (SSSR count). The Kier molecular flexibility index (Phi) is 9.95. The fraction of sp³-hybridized carbons (Fsp3) is 0.231. The summed E-state index contributed by atoms with van der Waals surface area (Å²) in [6.45, 7) is 12.0. The monoisotopic (exact) mass is 588 g/mol. The Morgan fingerprint density at radius 2 is 1.21 bits per heavy atom. The van der Waals surface area contributed by atoms with Gasteiger partial charge >= 0.3 is 0 Å². The van der Waals surface area contributed by atoms with Crippen LogP contribution in [0.3, 0.4) is 0 Å². The van der Waals surface area contributed by atoms with E-state index >= 15 is 0 Å². The maximum absolute atomic E-state index is 6.71. The van der Waals surface area contributed by atoms with E-state index in [0.717, 1.165) is 18.6 Å². The number of hydrogen-bond donors (Lipinski definition) is 0. The van der Waals surface area contributed by atoms with Gasteiger partial charge in [0.15, 0.2) is 0 Å². The summed E-state index contributed by atoms with van der Waals surface area (Å²) >= 11 is 0. The second-order valence-corrected chi connectivity index (χ2v) is 15.0. The molecule has 0 saturated heterocycles. The van der Waals surface area contributed by atoms with Crippen LogP contribution in [0.25, 0.3) is 0 Å². The van der Waals surface area contributed by atoms with E-state index in [1.807, 2.05) is 0 Å². The highest BCUT2D eigenvalue weighted by Gasteiger charge is 2.35. The lowest BCUT2D eigenvalue weighted by molar-refractivity contribution is 0.296. The van der Waals surface area contributed by atoms with Crippen LogP contribution in [0, 0.1) is 20.8 Å². The van der Waals surface area contributed by atoms with Gasteiger partial charge in [-0.2, -0.15) is 0 Å². The molecule has 0 fully saturated rings. The Balaban J connectivity index is 1.64. The Bertz CT molecular complexity index is 1550. The van der Waals surface area contributed by atoms with Gasteiger partial charge in [-0.25, -0.2) is 0 Å². The minimum absolute atomic E-state index is 0.0297. The maximum atomic E-state index is 6.71. The van der Waals surface area contributed by atoms with Gasteiger partial charge in [0.25, 0.3) is 0 Å². The van der Waals surface area contributed by atoms with Crippen molar-refractivity contribution in [1.82, 2.24) is 0 Å². The molecule has 0 saturated carbocycles. The Hall–Kier alpha value is -3.24. The smallest absolute Gasteiger partial charge is 0.126 e. The topological polar surface area (TPSA) is 9.23 Å². The van der Waals surface area contributed by atoms with Gasteiger partial charge in [-0.3, -0.25) is 0 Å². The molecule has 0 heterocycles. The first kappa shape index (κ1) is 30.2. The summed E-state index contributed by atoms with van der Waals surface area (Å²) in [5.74, 6) is 1.06. The summed E-state index contributed by atoms with van der Waals surface area (Å²) in [6, 6.07) is 44.3. The number of benzene rings is 5. The van der Waals surface area contributed by atoms with Gasteiger partial charge in [-0.15, -0.1) is 0 Å². The number of aryl methyl sites for hydroxylation is 3. The molecular weight excluding hydrogens is 546 g/mol. The van der Waals surface area contributed by atoms with E-state index in [1.165, 1.54) is 49.0 Å². The fourth-order valence-corrected chi connectivity index (χ4v) is 10.5. The number of rotatable bonds is 11. The zero-order valence-corrected chi connectivity index (χ0v) is 27.4. The minimum Gasteiger partial charge on any atom is -0.488 e. The van der Waals surface area contributed by atoms with Crippen LogP contribution in [0.4, 0.5) is 0 Å². The van der Waals surface area contributed by atoms with Crippen molar-refractivity contribution in [3.63, 3.8) is 0 Å². The van der Waals surface area contributed by atoms with Crippen molar-refractivity contribution in [2.75, 3.05) is 0 Å². The van der Waals surface area contributed by atoms with Crippen molar-refractivity contribution in [2.45, 2.75) is 59.2 Å². The van der Waals surface area contributed by atoms with E-state index in [-0.39, 0.29) is 5.16 Å². The molecule has 0 radical (unpaired) electrons. The molecular formula is C39H42OP2. The van der Waals surface area contributed by atoms with Crippen LogP contribution in [0.5, 0.6) is 5.75 Å². The van der Waals surface area contributed by atoms with Gasteiger partial charge in [0.05, 0.1) is 0 Å². The highest BCUT2D eigenvalue weighted by atomic mass is 31.1. The third kappa shape index (κ3) is 6.54. The summed E-state index contributed by atoms with van der Waals surface area (Å²) in [4.78, 5) is 0. The van der Waals surface area contributed by atoms with Crippen LogP contribution in [-0.4, -0.2) is 0 Å². The van der Waals surface area contributed by atoms with Crippen molar-refractivity contribution >= 4 is 37.7 Å². The van der Waals surface area contributed by atoms with Gasteiger partial charge in [0, 0.05) is 10.7 Å². The summed E-state index contributed by atoms with van der Waals surface area (Å²) in [6.07, 6.45) is 2.10. The molecule has 1 unspecified atom stereocenters. The quantitative estimate of drug-likeness (QED) is 0.140. The lowest BCUT2D eigenvalue weighted by Gasteiger charge is -2.37. The van der Waals surface area contributed by atoms with Gasteiger partial charge in [0.2, 0.25) is 0 Å². The average Bonchev–Trinajstić information content (AvgIpc) is 3.02. The third-order valence-electron chi connectivity index (χ3n) is 8.25. The molecule has 3 heteroatoms. The fourth-order valence-electron chi connectivity index (χ4n) is 5.93. The van der Waals surface area contributed by atoms with Crippen LogP contribution in [0.15, 0.2) is 121 Å². The van der Waals surface area contributed by atoms with Crippen molar-refractivity contribution in [1.29, 1.82) is 0 Å². The first-order chi connectivity index (χ1) is 20.5. The van der Waals surface area contributed by atoms with Crippen LogP contribution in [0.1, 0.15) is 54.5 Å². The van der Waals surface area contributed by atoms with Crippen LogP contribution >= 0.6 is 16.5 Å². The summed E-state index contributed by atoms with van der Waals surface area (Å²) in [7, 11) is -0.0765. The molecule has 5 aromatic rings. The molecule has 0 N–H and O–H groups in total. The van der Waals surface area contributed by atoms with Crippen molar-refractivity contribution < 1.29 is 4.74 Å². The van der Waals surface area contributed by atoms with Crippen molar-refractivity contribution in [3.05, 3.63) is 149 Å². The average molecular weight is 589 g/mol. The normalized spacial score (nSPS) is 11.9. The predicted octanol–water partition coefficient (Wildman–Crippen LogP) is 8.97. The maximum Gasteiger partial charge on any atom is 0.126 e. The molecule has 0 aliphatic carbocycles. The van der Waals surface area contributed by atoms with Crippen molar-refractivity contribution in [3.8, 4) is 5.75 Å². The lowest BCUT2D eigenvalue weighted by atomic mass is 9.89. The minimum atomic E-state index is -0.696. The van der Waals surface area contributed by atoms with E-state index in [1.54, 1.807) is 0 Å². The van der Waals surface area contributed by atoms with Crippen molar-refractivity contribution in [2.24, 2.45) is 0 Å². The number of ether oxygens (including phenoxy) is 1. The second-order valence-electron chi connectivity index (χ2n) is 11.1. The second kappa shape index (κ2) is 13.8. The van der Waals surface area contributed by atoms with Crippen LogP contribution in [-0.2, 0) is 11.8 Å². The molecule has 0 aliphatic heterocycles. The van der Waals surface area contributed by atoms with Gasteiger partial charge in [-0.1, -0.05) is 149 Å². The molecule has 1 atom stereocenters.